The lowest BCUT2D eigenvalue weighted by atomic mass is 9.67. The first kappa shape index (κ1) is 14.3. The van der Waals surface area contributed by atoms with Gasteiger partial charge in [-0.2, -0.15) is 4.98 Å². The second-order valence-electron chi connectivity index (χ2n) is 5.69. The molecule has 0 saturated heterocycles. The monoisotopic (exact) mass is 328 g/mol. The summed E-state index contributed by atoms with van der Waals surface area (Å²) in [6.07, 6.45) is 5.79. The zero-order chi connectivity index (χ0) is 15.9. The van der Waals surface area contributed by atoms with Crippen LogP contribution in [-0.2, 0) is 5.60 Å². The van der Waals surface area contributed by atoms with Gasteiger partial charge in [-0.05, 0) is 30.5 Å². The molecule has 4 rings (SSSR count). The molecule has 7 heteroatoms. The standard InChI is InChI=1S/C16H13ClN4O2/c17-12-3-1-2-11(6-12)16(22)7-10(8-16)15-20-14(21-23-15)13-9-18-4-5-19-13/h1-6,9-10,22H,7-8H2. The van der Waals surface area contributed by atoms with E-state index in [-0.39, 0.29) is 5.92 Å². The summed E-state index contributed by atoms with van der Waals surface area (Å²) in [4.78, 5) is 12.5. The summed E-state index contributed by atoms with van der Waals surface area (Å²) in [5, 5.41) is 15.2. The minimum absolute atomic E-state index is 0.0249. The van der Waals surface area contributed by atoms with Crippen LogP contribution in [0.3, 0.4) is 0 Å². The first-order chi connectivity index (χ1) is 11.1. The van der Waals surface area contributed by atoms with Gasteiger partial charge in [-0.25, -0.2) is 4.98 Å². The van der Waals surface area contributed by atoms with Gasteiger partial charge in [0.05, 0.1) is 11.8 Å². The summed E-state index contributed by atoms with van der Waals surface area (Å²) in [5.41, 5.74) is 0.485. The van der Waals surface area contributed by atoms with Crippen molar-refractivity contribution in [2.45, 2.75) is 24.4 Å². The highest BCUT2D eigenvalue weighted by atomic mass is 35.5. The average molecular weight is 329 g/mol. The molecule has 0 atom stereocenters. The second-order valence-corrected chi connectivity index (χ2v) is 6.13. The summed E-state index contributed by atoms with van der Waals surface area (Å²) >= 11 is 5.99. The molecule has 1 fully saturated rings. The van der Waals surface area contributed by atoms with E-state index >= 15 is 0 Å². The maximum atomic E-state index is 10.7. The van der Waals surface area contributed by atoms with Gasteiger partial charge in [-0.3, -0.25) is 4.98 Å². The smallest absolute Gasteiger partial charge is 0.230 e. The summed E-state index contributed by atoms with van der Waals surface area (Å²) < 4.78 is 5.31. The zero-order valence-corrected chi connectivity index (χ0v) is 12.8. The SMILES string of the molecule is OC1(c2cccc(Cl)c2)CC(c2nc(-c3cnccn3)no2)C1. The third-order valence-corrected chi connectivity index (χ3v) is 4.35. The predicted octanol–water partition coefficient (Wildman–Crippen LogP) is 2.95. The Balaban J connectivity index is 1.51. The van der Waals surface area contributed by atoms with Crippen molar-refractivity contribution in [2.75, 3.05) is 0 Å². The summed E-state index contributed by atoms with van der Waals surface area (Å²) in [7, 11) is 0. The molecule has 1 aromatic carbocycles. The van der Waals surface area contributed by atoms with Gasteiger partial charge in [0.25, 0.3) is 0 Å². The fourth-order valence-corrected chi connectivity index (χ4v) is 3.05. The van der Waals surface area contributed by atoms with Crippen molar-refractivity contribution in [3.05, 3.63) is 59.3 Å². The second kappa shape index (κ2) is 5.40. The maximum Gasteiger partial charge on any atom is 0.230 e. The fourth-order valence-electron chi connectivity index (χ4n) is 2.86. The Labute approximate surface area is 137 Å². The van der Waals surface area contributed by atoms with Crippen LogP contribution in [-0.4, -0.2) is 25.2 Å². The highest BCUT2D eigenvalue weighted by Crippen LogP contribution is 2.50. The normalized spacial score (nSPS) is 23.5. The highest BCUT2D eigenvalue weighted by Gasteiger charge is 2.47. The number of hydrogen-bond donors (Lipinski definition) is 1. The lowest BCUT2D eigenvalue weighted by molar-refractivity contribution is -0.0617. The van der Waals surface area contributed by atoms with Crippen molar-refractivity contribution in [3.63, 3.8) is 0 Å². The molecule has 1 aliphatic carbocycles. The average Bonchev–Trinajstić information content (AvgIpc) is 3.02. The molecule has 3 aromatic rings. The van der Waals surface area contributed by atoms with E-state index in [0.717, 1.165) is 5.56 Å². The van der Waals surface area contributed by atoms with Crippen LogP contribution in [0.4, 0.5) is 0 Å². The molecule has 6 nitrogen and oxygen atoms in total. The largest absolute Gasteiger partial charge is 0.385 e. The van der Waals surface area contributed by atoms with Crippen LogP contribution in [0.2, 0.25) is 5.02 Å². The molecular weight excluding hydrogens is 316 g/mol. The Bertz CT molecular complexity index is 831. The van der Waals surface area contributed by atoms with Gasteiger partial charge in [0, 0.05) is 23.3 Å². The minimum atomic E-state index is -0.892. The van der Waals surface area contributed by atoms with Gasteiger partial charge in [0.15, 0.2) is 0 Å². The van der Waals surface area contributed by atoms with Crippen molar-refractivity contribution in [3.8, 4) is 11.5 Å². The van der Waals surface area contributed by atoms with Crippen LogP contribution in [0.5, 0.6) is 0 Å². The van der Waals surface area contributed by atoms with E-state index in [1.54, 1.807) is 30.7 Å². The van der Waals surface area contributed by atoms with Crippen molar-refractivity contribution < 1.29 is 9.63 Å². The Morgan fingerprint density at radius 3 is 2.87 bits per heavy atom. The first-order valence-corrected chi connectivity index (χ1v) is 7.60. The van der Waals surface area contributed by atoms with Crippen LogP contribution < -0.4 is 0 Å². The number of halogens is 1. The maximum absolute atomic E-state index is 10.7. The molecule has 0 radical (unpaired) electrons. The number of benzene rings is 1. The van der Waals surface area contributed by atoms with E-state index in [4.69, 9.17) is 16.1 Å². The molecular formula is C16H13ClN4O2. The topological polar surface area (TPSA) is 84.9 Å². The van der Waals surface area contributed by atoms with Crippen molar-refractivity contribution >= 4 is 11.6 Å². The number of nitrogens with zero attached hydrogens (tertiary/aromatic N) is 4. The number of aromatic nitrogens is 4. The van der Waals surface area contributed by atoms with E-state index in [9.17, 15) is 5.11 Å². The summed E-state index contributed by atoms with van der Waals surface area (Å²) in [5.74, 6) is 0.945. The van der Waals surface area contributed by atoms with Gasteiger partial charge in [-0.15, -0.1) is 0 Å². The van der Waals surface area contributed by atoms with Gasteiger partial charge in [0.1, 0.15) is 5.69 Å². The Morgan fingerprint density at radius 2 is 2.13 bits per heavy atom. The van der Waals surface area contributed by atoms with Gasteiger partial charge < -0.3 is 9.63 Å². The quantitative estimate of drug-likeness (QED) is 0.795. The minimum Gasteiger partial charge on any atom is -0.385 e. The molecule has 0 bridgehead atoms. The predicted molar refractivity (Wildman–Crippen MR) is 82.6 cm³/mol. The molecule has 0 amide bonds. The molecule has 2 aromatic heterocycles. The Morgan fingerprint density at radius 1 is 1.26 bits per heavy atom. The van der Waals surface area contributed by atoms with Gasteiger partial charge in [0.2, 0.25) is 11.7 Å². The van der Waals surface area contributed by atoms with E-state index in [1.165, 1.54) is 0 Å². The van der Waals surface area contributed by atoms with E-state index in [2.05, 4.69) is 20.1 Å². The van der Waals surface area contributed by atoms with Crippen molar-refractivity contribution in [2.24, 2.45) is 0 Å². The molecule has 2 heterocycles. The lowest BCUT2D eigenvalue weighted by Gasteiger charge is -2.42. The lowest BCUT2D eigenvalue weighted by Crippen LogP contribution is -2.39. The number of hydrogen-bond acceptors (Lipinski definition) is 6. The van der Waals surface area contributed by atoms with Gasteiger partial charge in [-0.1, -0.05) is 28.9 Å². The molecule has 0 unspecified atom stereocenters. The van der Waals surface area contributed by atoms with Crippen LogP contribution in [0.15, 0.2) is 47.4 Å². The third-order valence-electron chi connectivity index (χ3n) is 4.11. The molecule has 1 aliphatic rings. The molecule has 0 aliphatic heterocycles. The Kier molecular flexibility index (Phi) is 3.36. The van der Waals surface area contributed by atoms with Gasteiger partial charge >= 0.3 is 0 Å². The van der Waals surface area contributed by atoms with Crippen LogP contribution in [0.25, 0.3) is 11.5 Å². The van der Waals surface area contributed by atoms with Crippen LogP contribution in [0, 0.1) is 0 Å². The molecule has 0 spiro atoms. The fraction of sp³-hybridized carbons (Fsp3) is 0.250. The van der Waals surface area contributed by atoms with Crippen molar-refractivity contribution in [1.29, 1.82) is 0 Å². The summed E-state index contributed by atoms with van der Waals surface area (Å²) in [6.45, 7) is 0. The van der Waals surface area contributed by atoms with E-state index in [0.29, 0.717) is 35.3 Å². The number of rotatable bonds is 3. The molecule has 116 valence electrons. The third kappa shape index (κ3) is 2.60. The van der Waals surface area contributed by atoms with E-state index in [1.807, 2.05) is 12.1 Å². The highest BCUT2D eigenvalue weighted by molar-refractivity contribution is 6.30. The number of aliphatic hydroxyl groups is 1. The van der Waals surface area contributed by atoms with Crippen molar-refractivity contribution in [1.82, 2.24) is 20.1 Å². The van der Waals surface area contributed by atoms with Crippen LogP contribution >= 0.6 is 11.6 Å². The van der Waals surface area contributed by atoms with E-state index < -0.39 is 5.60 Å². The first-order valence-electron chi connectivity index (χ1n) is 7.22. The zero-order valence-electron chi connectivity index (χ0n) is 12.1. The Hall–Kier alpha value is -2.31. The van der Waals surface area contributed by atoms with Crippen LogP contribution in [0.1, 0.15) is 30.2 Å². The summed E-state index contributed by atoms with van der Waals surface area (Å²) in [6, 6.07) is 7.29. The molecule has 1 saturated carbocycles. The molecule has 1 N–H and O–H groups in total. The molecule has 23 heavy (non-hydrogen) atoms.